The van der Waals surface area contributed by atoms with Crippen LogP contribution in [0.15, 0.2) is 70.9 Å². The number of benzene rings is 2. The molecule has 5 nitrogen and oxygen atoms in total. The fourth-order valence-electron chi connectivity index (χ4n) is 3.54. The number of anilines is 1. The zero-order chi connectivity index (χ0) is 22.8. The highest BCUT2D eigenvalue weighted by molar-refractivity contribution is 6.33. The van der Waals surface area contributed by atoms with E-state index in [1.54, 1.807) is 6.20 Å². The van der Waals surface area contributed by atoms with Crippen molar-refractivity contribution in [2.45, 2.75) is 26.2 Å². The molecule has 0 atom stereocenters. The number of hydrogen-bond donors (Lipinski definition) is 2. The molecule has 1 heterocycles. The van der Waals surface area contributed by atoms with E-state index in [2.05, 4.69) is 63.5 Å². The highest BCUT2D eigenvalue weighted by Crippen LogP contribution is 2.33. The summed E-state index contributed by atoms with van der Waals surface area (Å²) in [6.07, 6.45) is 8.65. The van der Waals surface area contributed by atoms with Gasteiger partial charge in [-0.2, -0.15) is 0 Å². The van der Waals surface area contributed by atoms with Crippen LogP contribution in [0.2, 0.25) is 5.02 Å². The molecule has 1 aromatic heterocycles. The molecule has 2 N–H and O–H groups in total. The van der Waals surface area contributed by atoms with E-state index in [0.717, 1.165) is 76.5 Å². The van der Waals surface area contributed by atoms with Gasteiger partial charge in [0.25, 0.3) is 0 Å². The van der Waals surface area contributed by atoms with Gasteiger partial charge in [-0.25, -0.2) is 4.98 Å². The summed E-state index contributed by atoms with van der Waals surface area (Å²) < 4.78 is 0. The molecule has 3 rings (SSSR count). The van der Waals surface area contributed by atoms with Crippen LogP contribution in [0.5, 0.6) is 0 Å². The largest absolute Gasteiger partial charge is 0.325 e. The highest BCUT2D eigenvalue weighted by Gasteiger charge is 2.08. The molecule has 166 valence electrons. The standard InChI is InChI=1S/C26H30ClN5/c1-19-8-7-9-23(27)26(19)21-11-10-20-17-25(31-18-22(20)16-21)32-24(12-15-29-3)30-14-6-4-5-13-28-2/h7-12,15-18,28H,3-6,13-14H2,1-2H3,(H,30,31,32)/b15-12-. The number of fused-ring (bicyclic) bond motifs is 1. The summed E-state index contributed by atoms with van der Waals surface area (Å²) in [5, 5.41) is 9.37. The molecule has 0 unspecified atom stereocenters. The predicted molar refractivity (Wildman–Crippen MR) is 139 cm³/mol. The quantitative estimate of drug-likeness (QED) is 0.218. The number of pyridine rings is 1. The number of unbranched alkanes of at least 4 members (excludes halogenated alkanes) is 2. The number of aliphatic imine (C=N–C) groups is 2. The average Bonchev–Trinajstić information content (AvgIpc) is 2.79. The zero-order valence-corrected chi connectivity index (χ0v) is 19.5. The molecule has 0 saturated carbocycles. The fourth-order valence-corrected chi connectivity index (χ4v) is 3.87. The van der Waals surface area contributed by atoms with E-state index < -0.39 is 0 Å². The second kappa shape index (κ2) is 12.1. The first-order valence-corrected chi connectivity index (χ1v) is 11.2. The van der Waals surface area contributed by atoms with Crippen molar-refractivity contribution in [3.8, 4) is 11.1 Å². The van der Waals surface area contributed by atoms with Crippen LogP contribution in [-0.4, -0.2) is 37.7 Å². The molecule has 0 amide bonds. The maximum atomic E-state index is 6.46. The van der Waals surface area contributed by atoms with E-state index in [0.29, 0.717) is 0 Å². The molecule has 3 aromatic rings. The number of aryl methyl sites for hydroxylation is 1. The van der Waals surface area contributed by atoms with Crippen molar-refractivity contribution in [2.24, 2.45) is 9.98 Å². The Morgan fingerprint density at radius 1 is 1.12 bits per heavy atom. The maximum Gasteiger partial charge on any atom is 0.132 e. The van der Waals surface area contributed by atoms with Crippen LogP contribution in [0.25, 0.3) is 21.9 Å². The molecule has 0 aliphatic heterocycles. The average molecular weight is 448 g/mol. The minimum atomic E-state index is 0.723. The number of rotatable bonds is 10. The Balaban J connectivity index is 1.77. The van der Waals surface area contributed by atoms with Gasteiger partial charge in [-0.1, -0.05) is 42.3 Å². The Labute approximate surface area is 195 Å². The third-order valence-electron chi connectivity index (χ3n) is 5.19. The van der Waals surface area contributed by atoms with E-state index >= 15 is 0 Å². The van der Waals surface area contributed by atoms with Crippen LogP contribution >= 0.6 is 11.6 Å². The molecule has 0 aliphatic carbocycles. The van der Waals surface area contributed by atoms with Crippen molar-refractivity contribution >= 4 is 40.7 Å². The Bertz CT molecular complexity index is 1100. The van der Waals surface area contributed by atoms with Crippen LogP contribution in [0, 0.1) is 6.92 Å². The lowest BCUT2D eigenvalue weighted by Crippen LogP contribution is -2.11. The topological polar surface area (TPSA) is 61.7 Å². The Morgan fingerprint density at radius 2 is 2.00 bits per heavy atom. The summed E-state index contributed by atoms with van der Waals surface area (Å²) in [4.78, 5) is 13.1. The number of nitrogens with zero attached hydrogens (tertiary/aromatic N) is 3. The molecule has 0 bridgehead atoms. The number of amidine groups is 1. The van der Waals surface area contributed by atoms with Crippen molar-refractivity contribution < 1.29 is 0 Å². The van der Waals surface area contributed by atoms with E-state index in [1.165, 1.54) is 0 Å². The first-order valence-electron chi connectivity index (χ1n) is 10.9. The van der Waals surface area contributed by atoms with E-state index in [9.17, 15) is 0 Å². The molecule has 6 heteroatoms. The molecule has 0 fully saturated rings. The van der Waals surface area contributed by atoms with E-state index in [-0.39, 0.29) is 0 Å². The van der Waals surface area contributed by atoms with Gasteiger partial charge in [-0.3, -0.25) is 9.98 Å². The molecule has 32 heavy (non-hydrogen) atoms. The first-order chi connectivity index (χ1) is 15.6. The number of halogens is 1. The second-order valence-electron chi connectivity index (χ2n) is 7.62. The molecule has 0 saturated heterocycles. The summed E-state index contributed by atoms with van der Waals surface area (Å²) in [5.74, 6) is 1.46. The lowest BCUT2D eigenvalue weighted by molar-refractivity contribution is 0.649. The number of nitrogens with one attached hydrogen (secondary N) is 2. The minimum Gasteiger partial charge on any atom is -0.325 e. The molecule has 0 aliphatic rings. The minimum absolute atomic E-state index is 0.723. The van der Waals surface area contributed by atoms with Gasteiger partial charge >= 0.3 is 0 Å². The third kappa shape index (κ3) is 6.49. The van der Waals surface area contributed by atoms with Crippen molar-refractivity contribution in [1.82, 2.24) is 10.3 Å². The van der Waals surface area contributed by atoms with Gasteiger partial charge in [0.15, 0.2) is 0 Å². The monoisotopic (exact) mass is 447 g/mol. The third-order valence-corrected chi connectivity index (χ3v) is 5.51. The Kier molecular flexibility index (Phi) is 8.96. The fraction of sp³-hybridized carbons (Fsp3) is 0.269. The molecular formula is C26H30ClN5. The predicted octanol–water partition coefficient (Wildman–Crippen LogP) is 6.28. The van der Waals surface area contributed by atoms with Gasteiger partial charge in [0.05, 0.1) is 0 Å². The second-order valence-corrected chi connectivity index (χ2v) is 8.02. The lowest BCUT2D eigenvalue weighted by atomic mass is 9.98. The molecular weight excluding hydrogens is 418 g/mol. The molecule has 2 aromatic carbocycles. The summed E-state index contributed by atoms with van der Waals surface area (Å²) >= 11 is 6.46. The first kappa shape index (κ1) is 23.6. The van der Waals surface area contributed by atoms with E-state index in [4.69, 9.17) is 11.6 Å². The Hall–Kier alpha value is -3.02. The Morgan fingerprint density at radius 3 is 2.78 bits per heavy atom. The van der Waals surface area contributed by atoms with Crippen molar-refractivity contribution in [3.63, 3.8) is 0 Å². The number of hydrogen-bond acceptors (Lipinski definition) is 4. The molecule has 0 radical (unpaired) electrons. The zero-order valence-electron chi connectivity index (χ0n) is 18.7. The van der Waals surface area contributed by atoms with Crippen LogP contribution < -0.4 is 10.6 Å². The van der Waals surface area contributed by atoms with Crippen LogP contribution in [0.3, 0.4) is 0 Å². The van der Waals surface area contributed by atoms with Gasteiger partial charge in [-0.05, 0) is 80.9 Å². The van der Waals surface area contributed by atoms with Gasteiger partial charge in [0, 0.05) is 34.9 Å². The van der Waals surface area contributed by atoms with Gasteiger partial charge in [0.2, 0.25) is 0 Å². The smallest absolute Gasteiger partial charge is 0.132 e. The van der Waals surface area contributed by atoms with Crippen LogP contribution in [0.4, 0.5) is 5.82 Å². The van der Waals surface area contributed by atoms with Gasteiger partial charge in [-0.15, -0.1) is 0 Å². The van der Waals surface area contributed by atoms with Crippen molar-refractivity contribution in [2.75, 3.05) is 25.5 Å². The van der Waals surface area contributed by atoms with Gasteiger partial charge < -0.3 is 10.6 Å². The highest BCUT2D eigenvalue weighted by atomic mass is 35.5. The summed E-state index contributed by atoms with van der Waals surface area (Å²) in [6, 6.07) is 14.3. The summed E-state index contributed by atoms with van der Waals surface area (Å²) in [5.41, 5.74) is 3.30. The SMILES string of the molecule is C=N/C=C\C(=N/CCCCCNC)Nc1cc2ccc(-c3c(C)cccc3Cl)cc2cn1. The van der Waals surface area contributed by atoms with Crippen LogP contribution in [-0.2, 0) is 0 Å². The summed E-state index contributed by atoms with van der Waals surface area (Å²) in [6.45, 7) is 7.37. The number of aromatic nitrogens is 1. The maximum absolute atomic E-state index is 6.46. The normalized spacial score (nSPS) is 11.9. The molecule has 0 spiro atoms. The van der Waals surface area contributed by atoms with E-state index in [1.807, 2.05) is 37.5 Å². The van der Waals surface area contributed by atoms with Crippen molar-refractivity contribution in [3.05, 3.63) is 71.5 Å². The van der Waals surface area contributed by atoms with Gasteiger partial charge in [0.1, 0.15) is 11.7 Å². The van der Waals surface area contributed by atoms with Crippen molar-refractivity contribution in [1.29, 1.82) is 0 Å². The summed E-state index contributed by atoms with van der Waals surface area (Å²) in [7, 11) is 1.97. The van der Waals surface area contributed by atoms with Crippen LogP contribution in [0.1, 0.15) is 24.8 Å². The lowest BCUT2D eigenvalue weighted by Gasteiger charge is -2.11.